The van der Waals surface area contributed by atoms with Crippen LogP contribution in [-0.4, -0.2) is 31.2 Å². The van der Waals surface area contributed by atoms with Crippen LogP contribution in [0.1, 0.15) is 47.1 Å². The summed E-state index contributed by atoms with van der Waals surface area (Å²) < 4.78 is 27.9. The van der Waals surface area contributed by atoms with Crippen molar-refractivity contribution in [2.24, 2.45) is 5.92 Å². The van der Waals surface area contributed by atoms with E-state index >= 15 is 0 Å². The van der Waals surface area contributed by atoms with Gasteiger partial charge in [-0.05, 0) is 75.6 Å². The molecule has 0 heterocycles. The quantitative estimate of drug-likeness (QED) is 0.271. The van der Waals surface area contributed by atoms with Gasteiger partial charge in [0.2, 0.25) is 10.0 Å². The second-order valence-electron chi connectivity index (χ2n) is 10.2. The highest BCUT2D eigenvalue weighted by atomic mass is 32.2. The molecule has 0 aliphatic carbocycles. The number of rotatable bonds is 7. The molecule has 0 fully saturated rings. The van der Waals surface area contributed by atoms with Gasteiger partial charge < -0.3 is 10.4 Å². The lowest BCUT2D eigenvalue weighted by Gasteiger charge is -2.21. The first kappa shape index (κ1) is 30.4. The van der Waals surface area contributed by atoms with Gasteiger partial charge in [-0.15, -0.1) is 0 Å². The van der Waals surface area contributed by atoms with E-state index in [0.717, 1.165) is 5.69 Å². The summed E-state index contributed by atoms with van der Waals surface area (Å²) in [6.45, 7) is 11.8. The third kappa shape index (κ3) is 9.54. The molecule has 3 aromatic rings. The van der Waals surface area contributed by atoms with Crippen LogP contribution in [0.4, 0.5) is 16.2 Å². The van der Waals surface area contributed by atoms with Crippen molar-refractivity contribution in [3.63, 3.8) is 0 Å². The minimum atomic E-state index is -3.69. The Balaban J connectivity index is 0.000000308. The van der Waals surface area contributed by atoms with Gasteiger partial charge in [0, 0.05) is 28.5 Å². The van der Waals surface area contributed by atoms with Crippen molar-refractivity contribution in [3.05, 3.63) is 78.4 Å². The first-order chi connectivity index (χ1) is 17.7. The van der Waals surface area contributed by atoms with Crippen LogP contribution in [0.15, 0.2) is 77.7 Å². The summed E-state index contributed by atoms with van der Waals surface area (Å²) in [5, 5.41) is 23.1. The Kier molecular flexibility index (Phi) is 10.5. The molecule has 38 heavy (non-hydrogen) atoms. The van der Waals surface area contributed by atoms with Crippen molar-refractivity contribution in [3.8, 4) is 17.2 Å². The minimum Gasteiger partial charge on any atom is -0.465 e. The first-order valence-electron chi connectivity index (χ1n) is 12.2. The fourth-order valence-electron chi connectivity index (χ4n) is 3.36. The molecule has 0 aliphatic heterocycles. The van der Waals surface area contributed by atoms with E-state index in [1.54, 1.807) is 69.3 Å². The number of nitrogens with zero attached hydrogens (tertiary/aromatic N) is 1. The largest absolute Gasteiger partial charge is 0.465 e. The van der Waals surface area contributed by atoms with Crippen LogP contribution in [0.2, 0.25) is 0 Å². The number of nitriles is 1. The molecule has 0 saturated heterocycles. The molecule has 8 nitrogen and oxygen atoms in total. The Morgan fingerprint density at radius 2 is 1.55 bits per heavy atom. The average Bonchev–Trinajstić information content (AvgIpc) is 2.83. The molecular weight excluding hydrogens is 500 g/mol. The molecule has 0 radical (unpaired) electrons. The second-order valence-corrected chi connectivity index (χ2v) is 11.9. The van der Waals surface area contributed by atoms with Crippen LogP contribution in [0.5, 0.6) is 0 Å². The zero-order valence-electron chi connectivity index (χ0n) is 22.6. The van der Waals surface area contributed by atoms with Crippen molar-refractivity contribution in [1.82, 2.24) is 4.72 Å². The van der Waals surface area contributed by atoms with Crippen LogP contribution in [0.25, 0.3) is 11.1 Å². The molecule has 0 unspecified atom stereocenters. The molecule has 0 spiro atoms. The van der Waals surface area contributed by atoms with Gasteiger partial charge in [0.15, 0.2) is 0 Å². The second kappa shape index (κ2) is 13.1. The number of nitrogens with one attached hydrogen (secondary N) is 3. The first-order valence-corrected chi connectivity index (χ1v) is 13.7. The van der Waals surface area contributed by atoms with Crippen LogP contribution < -0.4 is 15.4 Å². The molecule has 0 aliphatic rings. The van der Waals surface area contributed by atoms with Gasteiger partial charge in [0.05, 0.1) is 16.5 Å². The molecule has 0 saturated carbocycles. The van der Waals surface area contributed by atoms with Gasteiger partial charge in [-0.3, -0.25) is 5.32 Å². The standard InChI is InChI=1S/C17H20N2O4S.C12H16N2/c1-17(2,3)19-24(22,23)15-7-5-4-6-14(15)12-8-10-13(11-9-12)18-16(20)21;1-9(2)10(3)14-12-6-4-5-11(7-12)8-13/h4-11,18-19H,1-3H3,(H,20,21);4-7,9-10,14H,1-3H3/t;10-/m.0/s1. The zero-order valence-corrected chi connectivity index (χ0v) is 23.4. The number of carboxylic acid groups (broad SMARTS) is 1. The van der Waals surface area contributed by atoms with Crippen LogP contribution in [-0.2, 0) is 10.0 Å². The Morgan fingerprint density at radius 3 is 2.11 bits per heavy atom. The van der Waals surface area contributed by atoms with Gasteiger partial charge in [0.25, 0.3) is 0 Å². The summed E-state index contributed by atoms with van der Waals surface area (Å²) in [6.07, 6.45) is -1.15. The van der Waals surface area contributed by atoms with Gasteiger partial charge in [-0.2, -0.15) is 5.26 Å². The highest BCUT2D eigenvalue weighted by Gasteiger charge is 2.24. The van der Waals surface area contributed by atoms with Crippen LogP contribution in [0, 0.1) is 17.2 Å². The number of sulfonamides is 1. The maximum atomic E-state index is 12.7. The van der Waals surface area contributed by atoms with E-state index in [4.69, 9.17) is 10.4 Å². The van der Waals surface area contributed by atoms with Gasteiger partial charge in [-0.25, -0.2) is 17.9 Å². The van der Waals surface area contributed by atoms with E-state index < -0.39 is 21.7 Å². The Hall–Kier alpha value is -3.87. The summed E-state index contributed by atoms with van der Waals surface area (Å²) in [6, 6.07) is 23.3. The number of amides is 1. The molecular formula is C29H36N4O4S. The van der Waals surface area contributed by atoms with E-state index in [-0.39, 0.29) is 4.90 Å². The summed E-state index contributed by atoms with van der Waals surface area (Å²) in [5.41, 5.74) is 2.77. The third-order valence-electron chi connectivity index (χ3n) is 5.45. The van der Waals surface area contributed by atoms with Gasteiger partial charge >= 0.3 is 6.09 Å². The van der Waals surface area contributed by atoms with Crippen molar-refractivity contribution in [2.45, 2.75) is 58.0 Å². The highest BCUT2D eigenvalue weighted by Crippen LogP contribution is 2.29. The number of benzene rings is 3. The van der Waals surface area contributed by atoms with Crippen LogP contribution in [0.3, 0.4) is 0 Å². The van der Waals surface area contributed by atoms with E-state index in [0.29, 0.717) is 34.3 Å². The number of hydrogen-bond donors (Lipinski definition) is 4. The predicted octanol–water partition coefficient (Wildman–Crippen LogP) is 6.53. The zero-order chi connectivity index (χ0) is 28.5. The predicted molar refractivity (Wildman–Crippen MR) is 153 cm³/mol. The van der Waals surface area contributed by atoms with Crippen molar-refractivity contribution in [2.75, 3.05) is 10.6 Å². The smallest absolute Gasteiger partial charge is 0.409 e. The monoisotopic (exact) mass is 536 g/mol. The molecule has 4 N–H and O–H groups in total. The highest BCUT2D eigenvalue weighted by molar-refractivity contribution is 7.89. The Morgan fingerprint density at radius 1 is 0.921 bits per heavy atom. The average molecular weight is 537 g/mol. The van der Waals surface area contributed by atoms with E-state index in [1.807, 2.05) is 24.3 Å². The maximum Gasteiger partial charge on any atom is 0.409 e. The lowest BCUT2D eigenvalue weighted by molar-refractivity contribution is 0.209. The molecule has 0 bridgehead atoms. The molecule has 9 heteroatoms. The lowest BCUT2D eigenvalue weighted by Crippen LogP contribution is -2.40. The number of anilines is 2. The molecule has 1 atom stereocenters. The minimum absolute atomic E-state index is 0.180. The number of hydrogen-bond acceptors (Lipinski definition) is 5. The van der Waals surface area contributed by atoms with Crippen molar-refractivity contribution < 1.29 is 18.3 Å². The van der Waals surface area contributed by atoms with Gasteiger partial charge in [-0.1, -0.05) is 50.2 Å². The van der Waals surface area contributed by atoms with Crippen molar-refractivity contribution >= 4 is 27.5 Å². The topological polar surface area (TPSA) is 131 Å². The normalized spacial score (nSPS) is 12.1. The fourth-order valence-corrected chi connectivity index (χ4v) is 5.01. The molecule has 3 rings (SSSR count). The lowest BCUT2D eigenvalue weighted by atomic mass is 10.1. The molecule has 202 valence electrons. The van der Waals surface area contributed by atoms with E-state index in [9.17, 15) is 13.2 Å². The summed E-state index contributed by atoms with van der Waals surface area (Å²) in [4.78, 5) is 10.8. The molecule has 3 aromatic carbocycles. The van der Waals surface area contributed by atoms with Crippen LogP contribution >= 0.6 is 0 Å². The number of carbonyl (C=O) groups is 1. The maximum absolute atomic E-state index is 12.7. The SMILES string of the molecule is CC(C)(C)NS(=O)(=O)c1ccccc1-c1ccc(NC(=O)O)cc1.CC(C)[C@H](C)Nc1cccc(C#N)c1. The summed E-state index contributed by atoms with van der Waals surface area (Å²) >= 11 is 0. The van der Waals surface area contributed by atoms with E-state index in [2.05, 4.69) is 42.2 Å². The summed E-state index contributed by atoms with van der Waals surface area (Å²) in [5.74, 6) is 0.584. The van der Waals surface area contributed by atoms with Gasteiger partial charge in [0.1, 0.15) is 0 Å². The third-order valence-corrected chi connectivity index (χ3v) is 7.27. The Labute approximate surface area is 225 Å². The molecule has 1 amide bonds. The molecule has 0 aromatic heterocycles. The summed E-state index contributed by atoms with van der Waals surface area (Å²) in [7, 11) is -3.69. The van der Waals surface area contributed by atoms with E-state index in [1.165, 1.54) is 0 Å². The van der Waals surface area contributed by atoms with Crippen molar-refractivity contribution in [1.29, 1.82) is 5.26 Å². The fraction of sp³-hybridized carbons (Fsp3) is 0.310. The Bertz CT molecular complexity index is 1370.